The van der Waals surface area contributed by atoms with Crippen molar-refractivity contribution in [1.82, 2.24) is 10.2 Å². The van der Waals surface area contributed by atoms with Crippen LogP contribution in [-0.2, 0) is 14.3 Å². The number of nitrogens with one attached hydrogen (secondary N) is 1. The van der Waals surface area contributed by atoms with Gasteiger partial charge < -0.3 is 20.5 Å². The highest BCUT2D eigenvalue weighted by Gasteiger charge is 2.53. The van der Waals surface area contributed by atoms with Crippen LogP contribution in [0.4, 0.5) is 13.2 Å². The van der Waals surface area contributed by atoms with E-state index in [1.54, 1.807) is 25.3 Å². The molecule has 3 N–H and O–H groups in total. The number of nitrogens with zero attached hydrogens (tertiary/aromatic N) is 2. The molecular weight excluding hydrogens is 489 g/mol. The number of fused-ring (bicyclic) bond motifs is 1. The maximum absolute atomic E-state index is 13.5. The van der Waals surface area contributed by atoms with Crippen LogP contribution < -0.4 is 15.8 Å². The van der Waals surface area contributed by atoms with Crippen LogP contribution in [0.1, 0.15) is 58.1 Å². The van der Waals surface area contributed by atoms with E-state index in [9.17, 15) is 22.8 Å². The first kappa shape index (κ1) is 27.2. The minimum absolute atomic E-state index is 0.108. The number of carbonyl (C=O) groups is 2. The van der Waals surface area contributed by atoms with Gasteiger partial charge in [-0.3, -0.25) is 14.5 Å². The SMILES string of the molecule is COCCC([C@@H]1C[C@H]1C(=O)N[C@H]1C[C@H](C(F)(F)F)Oc2ccccc21)N1C(=O)C[C@@](C)(C(C)C)N=C1N. The Bertz CT molecular complexity index is 1060. The number of ether oxygens (including phenoxy) is 2. The summed E-state index contributed by atoms with van der Waals surface area (Å²) in [5.74, 6) is -0.806. The molecule has 1 unspecified atom stereocenters. The van der Waals surface area contributed by atoms with E-state index in [0.717, 1.165) is 0 Å². The Labute approximate surface area is 214 Å². The first-order valence-electron chi connectivity index (χ1n) is 12.6. The van der Waals surface area contributed by atoms with E-state index in [-0.39, 0.29) is 41.8 Å². The third-order valence-electron chi connectivity index (χ3n) is 7.95. The number of alkyl halides is 3. The number of hydrogen-bond donors (Lipinski definition) is 2. The maximum atomic E-state index is 13.5. The van der Waals surface area contributed by atoms with Gasteiger partial charge in [-0.25, -0.2) is 4.99 Å². The van der Waals surface area contributed by atoms with Crippen molar-refractivity contribution >= 4 is 17.8 Å². The molecule has 0 bridgehead atoms. The Morgan fingerprint density at radius 3 is 2.65 bits per heavy atom. The van der Waals surface area contributed by atoms with Crippen LogP contribution in [0.5, 0.6) is 5.75 Å². The molecule has 1 aromatic carbocycles. The summed E-state index contributed by atoms with van der Waals surface area (Å²) >= 11 is 0. The fourth-order valence-corrected chi connectivity index (χ4v) is 5.31. The van der Waals surface area contributed by atoms with Crippen LogP contribution in [0.25, 0.3) is 0 Å². The number of nitrogens with two attached hydrogens (primary N) is 1. The Kier molecular flexibility index (Phi) is 7.47. The van der Waals surface area contributed by atoms with Crippen LogP contribution in [-0.4, -0.2) is 60.3 Å². The molecule has 8 nitrogen and oxygen atoms in total. The Balaban J connectivity index is 1.51. The number of carbonyl (C=O) groups excluding carboxylic acids is 2. The summed E-state index contributed by atoms with van der Waals surface area (Å²) in [5, 5.41) is 2.82. The van der Waals surface area contributed by atoms with E-state index >= 15 is 0 Å². The van der Waals surface area contributed by atoms with Gasteiger partial charge in [0.05, 0.1) is 18.0 Å². The largest absolute Gasteiger partial charge is 0.480 e. The molecule has 3 aliphatic rings. The van der Waals surface area contributed by atoms with Gasteiger partial charge in [0, 0.05) is 37.7 Å². The molecular formula is C26H35F3N4O4. The van der Waals surface area contributed by atoms with Gasteiger partial charge in [0.15, 0.2) is 12.1 Å². The number of rotatable bonds is 8. The molecule has 1 aliphatic carbocycles. The molecule has 2 aliphatic heterocycles. The van der Waals surface area contributed by atoms with Gasteiger partial charge in [0.25, 0.3) is 0 Å². The topological polar surface area (TPSA) is 106 Å². The van der Waals surface area contributed by atoms with E-state index in [0.29, 0.717) is 25.0 Å². The average molecular weight is 525 g/mol. The molecule has 0 spiro atoms. The van der Waals surface area contributed by atoms with Gasteiger partial charge in [-0.1, -0.05) is 32.0 Å². The predicted molar refractivity (Wildman–Crippen MR) is 131 cm³/mol. The third kappa shape index (κ3) is 5.56. The highest BCUT2D eigenvalue weighted by molar-refractivity contribution is 5.99. The fourth-order valence-electron chi connectivity index (χ4n) is 5.31. The molecule has 1 saturated carbocycles. The van der Waals surface area contributed by atoms with Gasteiger partial charge in [-0.2, -0.15) is 13.2 Å². The normalized spacial score (nSPS) is 30.3. The van der Waals surface area contributed by atoms with E-state index in [2.05, 4.69) is 10.3 Å². The number of para-hydroxylation sites is 1. The lowest BCUT2D eigenvalue weighted by atomic mass is 9.84. The monoisotopic (exact) mass is 524 g/mol. The first-order chi connectivity index (χ1) is 17.4. The molecule has 6 atom stereocenters. The van der Waals surface area contributed by atoms with Crippen molar-refractivity contribution in [2.45, 2.75) is 76.4 Å². The highest BCUT2D eigenvalue weighted by atomic mass is 19.4. The van der Waals surface area contributed by atoms with Crippen molar-refractivity contribution in [3.05, 3.63) is 29.8 Å². The highest BCUT2D eigenvalue weighted by Crippen LogP contribution is 2.47. The summed E-state index contributed by atoms with van der Waals surface area (Å²) in [5.41, 5.74) is 6.21. The number of guanidine groups is 1. The van der Waals surface area contributed by atoms with Crippen molar-refractivity contribution in [2.24, 2.45) is 28.5 Å². The van der Waals surface area contributed by atoms with Crippen molar-refractivity contribution < 1.29 is 32.2 Å². The minimum atomic E-state index is -4.56. The maximum Gasteiger partial charge on any atom is 0.425 e. The second-order valence-electron chi connectivity index (χ2n) is 10.8. The standard InChI is InChI=1S/C26H35F3N4O4/c1-14(2)25(3)13-22(34)33(24(30)32-25)19(9-10-36-4)16-11-17(16)23(35)31-18-12-21(26(27,28)29)37-20-8-6-5-7-15(18)20/h5-8,14,16-19,21H,9-13H2,1-4H3,(H2,30,32)(H,31,35)/t16-,17-,18+,19?,21-,25+/m1/s1. The molecule has 0 aromatic heterocycles. The van der Waals surface area contributed by atoms with E-state index in [1.807, 2.05) is 20.8 Å². The summed E-state index contributed by atoms with van der Waals surface area (Å²) in [6, 6.07) is 5.20. The molecule has 2 heterocycles. The Morgan fingerprint density at radius 2 is 2.03 bits per heavy atom. The van der Waals surface area contributed by atoms with E-state index in [4.69, 9.17) is 15.2 Å². The van der Waals surface area contributed by atoms with Crippen molar-refractivity contribution in [3.63, 3.8) is 0 Å². The van der Waals surface area contributed by atoms with Crippen molar-refractivity contribution in [2.75, 3.05) is 13.7 Å². The van der Waals surface area contributed by atoms with Crippen LogP contribution in [0.15, 0.2) is 29.3 Å². The molecule has 4 rings (SSSR count). The van der Waals surface area contributed by atoms with Crippen LogP contribution in [0.2, 0.25) is 0 Å². The van der Waals surface area contributed by atoms with Crippen LogP contribution in [0, 0.1) is 17.8 Å². The zero-order valence-corrected chi connectivity index (χ0v) is 21.5. The Morgan fingerprint density at radius 1 is 1.32 bits per heavy atom. The average Bonchev–Trinajstić information content (AvgIpc) is 3.61. The molecule has 0 saturated heterocycles. The van der Waals surface area contributed by atoms with Gasteiger partial charge >= 0.3 is 6.18 Å². The van der Waals surface area contributed by atoms with Gasteiger partial charge in [-0.15, -0.1) is 0 Å². The zero-order valence-electron chi connectivity index (χ0n) is 21.5. The molecule has 1 fully saturated rings. The van der Waals surface area contributed by atoms with Crippen LogP contribution in [0.3, 0.4) is 0 Å². The Hall–Kier alpha value is -2.82. The number of amides is 2. The lowest BCUT2D eigenvalue weighted by Crippen LogP contribution is -2.57. The third-order valence-corrected chi connectivity index (χ3v) is 7.95. The molecule has 2 amide bonds. The fraction of sp³-hybridized carbons (Fsp3) is 0.654. The van der Waals surface area contributed by atoms with Crippen molar-refractivity contribution in [3.8, 4) is 5.75 Å². The van der Waals surface area contributed by atoms with Crippen molar-refractivity contribution in [1.29, 1.82) is 0 Å². The summed E-state index contributed by atoms with van der Waals surface area (Å²) in [7, 11) is 1.55. The molecule has 1 aromatic rings. The molecule has 204 valence electrons. The number of halogens is 3. The zero-order chi connectivity index (χ0) is 27.1. The quantitative estimate of drug-likeness (QED) is 0.541. The summed E-state index contributed by atoms with van der Waals surface area (Å²) in [4.78, 5) is 32.6. The summed E-state index contributed by atoms with van der Waals surface area (Å²) in [6.07, 6.45) is -5.81. The second kappa shape index (κ2) is 10.2. The lowest BCUT2D eigenvalue weighted by Gasteiger charge is -2.41. The second-order valence-corrected chi connectivity index (χ2v) is 10.8. The first-order valence-corrected chi connectivity index (χ1v) is 12.6. The number of aliphatic imine (C=N–C) groups is 1. The lowest BCUT2D eigenvalue weighted by molar-refractivity contribution is -0.201. The summed E-state index contributed by atoms with van der Waals surface area (Å²) < 4.78 is 50.8. The minimum Gasteiger partial charge on any atom is -0.480 e. The molecule has 37 heavy (non-hydrogen) atoms. The van der Waals surface area contributed by atoms with E-state index in [1.165, 1.54) is 11.0 Å². The molecule has 11 heteroatoms. The van der Waals surface area contributed by atoms with E-state index < -0.39 is 42.2 Å². The van der Waals surface area contributed by atoms with Crippen LogP contribution >= 0.6 is 0 Å². The smallest absolute Gasteiger partial charge is 0.425 e. The number of benzene rings is 1. The summed E-state index contributed by atoms with van der Waals surface area (Å²) in [6.45, 7) is 6.23. The van der Waals surface area contributed by atoms with Gasteiger partial charge in [-0.05, 0) is 37.7 Å². The number of methoxy groups -OCH3 is 1. The predicted octanol–water partition coefficient (Wildman–Crippen LogP) is 3.56. The molecule has 0 radical (unpaired) electrons. The van der Waals surface area contributed by atoms with Gasteiger partial charge in [0.2, 0.25) is 11.8 Å². The van der Waals surface area contributed by atoms with Gasteiger partial charge in [0.1, 0.15) is 5.75 Å². The number of hydrogen-bond acceptors (Lipinski definition) is 6.